The van der Waals surface area contributed by atoms with Crippen molar-refractivity contribution in [3.63, 3.8) is 0 Å². The zero-order chi connectivity index (χ0) is 12.8. The van der Waals surface area contributed by atoms with E-state index in [1.807, 2.05) is 0 Å². The Bertz CT molecular complexity index is 433. The molecule has 0 radical (unpaired) electrons. The van der Waals surface area contributed by atoms with Gasteiger partial charge in [-0.25, -0.2) is 4.39 Å². The minimum Gasteiger partial charge on any atom is -0.508 e. The van der Waals surface area contributed by atoms with Crippen LogP contribution in [0, 0.1) is 18.2 Å². The van der Waals surface area contributed by atoms with Crippen LogP contribution in [-0.2, 0) is 11.3 Å². The van der Waals surface area contributed by atoms with Gasteiger partial charge in [0, 0.05) is 12.6 Å². The molecule has 1 aromatic carbocycles. The van der Waals surface area contributed by atoms with Crippen molar-refractivity contribution in [2.45, 2.75) is 6.54 Å². The molecule has 0 bridgehead atoms. The van der Waals surface area contributed by atoms with Gasteiger partial charge in [0.05, 0.1) is 13.1 Å². The first-order valence-corrected chi connectivity index (χ1v) is 4.87. The van der Waals surface area contributed by atoms with Gasteiger partial charge in [-0.05, 0) is 17.7 Å². The third-order valence-corrected chi connectivity index (χ3v) is 2.02. The van der Waals surface area contributed by atoms with Crippen LogP contribution < -0.4 is 0 Å². The lowest BCUT2D eigenvalue weighted by molar-refractivity contribution is -0.138. The van der Waals surface area contributed by atoms with Gasteiger partial charge in [0.25, 0.3) is 0 Å². The zero-order valence-corrected chi connectivity index (χ0v) is 9.06. The Morgan fingerprint density at radius 3 is 2.71 bits per heavy atom. The molecular weight excluding hydrogens is 225 g/mol. The van der Waals surface area contributed by atoms with Crippen molar-refractivity contribution < 1.29 is 19.4 Å². The summed E-state index contributed by atoms with van der Waals surface area (Å²) in [6, 6.07) is 3.58. The van der Waals surface area contributed by atoms with Crippen LogP contribution in [0.2, 0.25) is 0 Å². The predicted molar refractivity (Wildman–Crippen MR) is 59.8 cm³/mol. The highest BCUT2D eigenvalue weighted by Crippen LogP contribution is 2.16. The first kappa shape index (κ1) is 13.0. The molecule has 1 rings (SSSR count). The van der Waals surface area contributed by atoms with Crippen LogP contribution in [0.1, 0.15) is 5.56 Å². The highest BCUT2D eigenvalue weighted by molar-refractivity contribution is 5.69. The second-order valence-electron chi connectivity index (χ2n) is 3.56. The topological polar surface area (TPSA) is 60.8 Å². The van der Waals surface area contributed by atoms with E-state index in [9.17, 15) is 14.3 Å². The van der Waals surface area contributed by atoms with E-state index in [0.29, 0.717) is 5.56 Å². The third-order valence-electron chi connectivity index (χ3n) is 2.02. The average Bonchev–Trinajstić information content (AvgIpc) is 2.14. The Kier molecular flexibility index (Phi) is 4.49. The van der Waals surface area contributed by atoms with Crippen molar-refractivity contribution in [1.29, 1.82) is 0 Å². The summed E-state index contributed by atoms with van der Waals surface area (Å²) in [4.78, 5) is 12.0. The number of hydrogen-bond acceptors (Lipinski definition) is 3. The van der Waals surface area contributed by atoms with Crippen LogP contribution >= 0.6 is 0 Å². The molecule has 1 aromatic rings. The number of carbonyl (C=O) groups is 1. The van der Waals surface area contributed by atoms with E-state index < -0.39 is 11.8 Å². The molecule has 0 amide bonds. The molecule has 2 N–H and O–H groups in total. The Morgan fingerprint density at radius 2 is 2.18 bits per heavy atom. The maximum atomic E-state index is 13.0. The fourth-order valence-corrected chi connectivity index (χ4v) is 1.47. The molecule has 0 saturated carbocycles. The Labute approximate surface area is 98.3 Å². The van der Waals surface area contributed by atoms with Gasteiger partial charge in [-0.1, -0.05) is 5.92 Å². The summed E-state index contributed by atoms with van der Waals surface area (Å²) in [7, 11) is 0. The van der Waals surface area contributed by atoms with E-state index in [-0.39, 0.29) is 25.4 Å². The largest absolute Gasteiger partial charge is 0.508 e. The lowest BCUT2D eigenvalue weighted by Gasteiger charge is -2.17. The number of terminal acetylenes is 1. The van der Waals surface area contributed by atoms with Gasteiger partial charge in [0.2, 0.25) is 0 Å². The molecule has 4 nitrogen and oxygen atoms in total. The average molecular weight is 237 g/mol. The Hall–Kier alpha value is -2.06. The number of carboxylic acid groups (broad SMARTS) is 1. The van der Waals surface area contributed by atoms with Crippen molar-refractivity contribution in [3.05, 3.63) is 29.6 Å². The molecule has 17 heavy (non-hydrogen) atoms. The van der Waals surface area contributed by atoms with Gasteiger partial charge in [-0.15, -0.1) is 6.42 Å². The van der Waals surface area contributed by atoms with Gasteiger partial charge < -0.3 is 10.2 Å². The van der Waals surface area contributed by atoms with E-state index >= 15 is 0 Å². The molecule has 0 fully saturated rings. The molecule has 0 atom stereocenters. The number of carboxylic acids is 1. The number of aromatic hydroxyl groups is 1. The van der Waals surface area contributed by atoms with Gasteiger partial charge in [0.1, 0.15) is 11.6 Å². The fourth-order valence-electron chi connectivity index (χ4n) is 1.47. The number of aliphatic carboxylic acids is 1. The number of nitrogens with zero attached hydrogens (tertiary/aromatic N) is 1. The van der Waals surface area contributed by atoms with Gasteiger partial charge >= 0.3 is 5.97 Å². The predicted octanol–water partition coefficient (Wildman–Crippen LogP) is 1.05. The summed E-state index contributed by atoms with van der Waals surface area (Å²) in [5.41, 5.74) is 0.471. The molecule has 5 heteroatoms. The van der Waals surface area contributed by atoms with Crippen LogP contribution in [0.25, 0.3) is 0 Å². The van der Waals surface area contributed by atoms with E-state index in [4.69, 9.17) is 11.5 Å². The van der Waals surface area contributed by atoms with E-state index in [2.05, 4.69) is 5.92 Å². The number of hydrogen-bond donors (Lipinski definition) is 2. The van der Waals surface area contributed by atoms with E-state index in [1.54, 1.807) is 0 Å². The lowest BCUT2D eigenvalue weighted by Crippen LogP contribution is -2.29. The number of halogens is 1. The number of phenolic OH excluding ortho intramolecular Hbond substituents is 1. The molecule has 90 valence electrons. The smallest absolute Gasteiger partial charge is 0.317 e. The van der Waals surface area contributed by atoms with Crippen LogP contribution in [0.3, 0.4) is 0 Å². The molecular formula is C12H12FNO3. The maximum Gasteiger partial charge on any atom is 0.317 e. The first-order chi connectivity index (χ1) is 8.01. The normalized spacial score (nSPS) is 10.2. The zero-order valence-electron chi connectivity index (χ0n) is 9.06. The fraction of sp³-hybridized carbons (Fsp3) is 0.250. The summed E-state index contributed by atoms with van der Waals surface area (Å²) in [5, 5.41) is 17.9. The standard InChI is InChI=1S/C12H12FNO3/c1-2-3-14(8-12(16)17)7-9-4-10(13)6-11(15)5-9/h1,4-6,15H,3,7-8H2,(H,16,17). The van der Waals surface area contributed by atoms with Crippen LogP contribution in [0.4, 0.5) is 4.39 Å². The second-order valence-corrected chi connectivity index (χ2v) is 3.56. The molecule has 0 aliphatic carbocycles. The van der Waals surface area contributed by atoms with Crippen molar-refractivity contribution in [2.24, 2.45) is 0 Å². The molecule has 0 unspecified atom stereocenters. The summed E-state index contributed by atoms with van der Waals surface area (Å²) in [5.74, 6) is 0.545. The molecule has 0 heterocycles. The Morgan fingerprint density at radius 1 is 1.47 bits per heavy atom. The van der Waals surface area contributed by atoms with Gasteiger partial charge in [-0.3, -0.25) is 9.69 Å². The summed E-state index contributed by atoms with van der Waals surface area (Å²) in [6.07, 6.45) is 5.11. The van der Waals surface area contributed by atoms with Gasteiger partial charge in [0.15, 0.2) is 0 Å². The lowest BCUT2D eigenvalue weighted by atomic mass is 10.2. The van der Waals surface area contributed by atoms with Crippen molar-refractivity contribution in [1.82, 2.24) is 4.90 Å². The van der Waals surface area contributed by atoms with Crippen LogP contribution in [0.15, 0.2) is 18.2 Å². The highest BCUT2D eigenvalue weighted by atomic mass is 19.1. The third kappa shape index (κ3) is 4.53. The monoisotopic (exact) mass is 237 g/mol. The quantitative estimate of drug-likeness (QED) is 0.751. The SMILES string of the molecule is C#CCN(CC(=O)O)Cc1cc(O)cc(F)c1. The van der Waals surface area contributed by atoms with E-state index in [0.717, 1.165) is 6.07 Å². The van der Waals surface area contributed by atoms with Crippen LogP contribution in [0.5, 0.6) is 5.75 Å². The van der Waals surface area contributed by atoms with Crippen molar-refractivity contribution in [2.75, 3.05) is 13.1 Å². The number of phenols is 1. The highest BCUT2D eigenvalue weighted by Gasteiger charge is 2.10. The number of benzene rings is 1. The summed E-state index contributed by atoms with van der Waals surface area (Å²) < 4.78 is 13.0. The van der Waals surface area contributed by atoms with Crippen molar-refractivity contribution in [3.8, 4) is 18.1 Å². The summed E-state index contributed by atoms with van der Waals surface area (Å²) in [6.45, 7) is 0.0763. The summed E-state index contributed by atoms with van der Waals surface area (Å²) >= 11 is 0. The minimum atomic E-state index is -1.01. The van der Waals surface area contributed by atoms with E-state index in [1.165, 1.54) is 17.0 Å². The second kappa shape index (κ2) is 5.87. The molecule has 0 saturated heterocycles. The maximum absolute atomic E-state index is 13.0. The first-order valence-electron chi connectivity index (χ1n) is 4.87. The minimum absolute atomic E-state index is 0.142. The van der Waals surface area contributed by atoms with Crippen molar-refractivity contribution >= 4 is 5.97 Å². The number of rotatable bonds is 5. The van der Waals surface area contributed by atoms with Crippen LogP contribution in [-0.4, -0.2) is 34.2 Å². The Balaban J connectivity index is 2.78. The molecule has 0 spiro atoms. The molecule has 0 aliphatic heterocycles. The molecule has 0 aliphatic rings. The molecule has 0 aromatic heterocycles. The van der Waals surface area contributed by atoms with Gasteiger partial charge in [-0.2, -0.15) is 0 Å².